The first-order valence-electron chi connectivity index (χ1n) is 7.17. The normalized spacial score (nSPS) is 11.4. The highest BCUT2D eigenvalue weighted by Crippen LogP contribution is 2.18. The van der Waals surface area contributed by atoms with E-state index in [1.54, 1.807) is 12.1 Å². The van der Waals surface area contributed by atoms with Crippen molar-refractivity contribution in [2.24, 2.45) is 16.6 Å². The Balaban J connectivity index is 0.00000264. The summed E-state index contributed by atoms with van der Waals surface area (Å²) in [4.78, 5) is 8.56. The van der Waals surface area contributed by atoms with Gasteiger partial charge in [0.05, 0.1) is 0 Å². The number of aliphatic imine (C=N–C) groups is 1. The van der Waals surface area contributed by atoms with Crippen LogP contribution in [0, 0.1) is 5.92 Å². The van der Waals surface area contributed by atoms with Crippen LogP contribution in [0.1, 0.15) is 19.7 Å². The molecule has 0 aliphatic rings. The Morgan fingerprint density at radius 2 is 2.04 bits per heavy atom. The van der Waals surface area contributed by atoms with Gasteiger partial charge in [-0.1, -0.05) is 30.6 Å². The largest absolute Gasteiger partial charge is 0.370 e. The topological polar surface area (TPSA) is 89.3 Å². The number of benzene rings is 1. The van der Waals surface area contributed by atoms with Gasteiger partial charge in [-0.15, -0.1) is 24.0 Å². The maximum Gasteiger partial charge on any atom is 0.228 e. The van der Waals surface area contributed by atoms with Crippen molar-refractivity contribution >= 4 is 41.5 Å². The summed E-state index contributed by atoms with van der Waals surface area (Å²) in [5.74, 6) is 2.02. The van der Waals surface area contributed by atoms with Crippen LogP contribution in [0.5, 0.6) is 0 Å². The average molecular weight is 450 g/mol. The number of hydrogen-bond acceptors (Lipinski definition) is 4. The lowest BCUT2D eigenvalue weighted by molar-refractivity contribution is 0.379. The molecule has 3 N–H and O–H groups in total. The molecular weight excluding hydrogens is 429 g/mol. The Labute approximate surface area is 157 Å². The molecule has 1 heterocycles. The third-order valence-electron chi connectivity index (χ3n) is 2.84. The summed E-state index contributed by atoms with van der Waals surface area (Å²) in [5.41, 5.74) is 6.62. The van der Waals surface area contributed by atoms with Crippen LogP contribution in [-0.2, 0) is 6.42 Å². The average Bonchev–Trinajstić information content (AvgIpc) is 2.95. The van der Waals surface area contributed by atoms with E-state index in [1.165, 1.54) is 0 Å². The number of nitrogens with zero attached hydrogens (tertiary/aromatic N) is 3. The molecule has 6 nitrogen and oxygen atoms in total. The number of guanidine groups is 1. The molecule has 0 radical (unpaired) electrons. The molecule has 0 saturated carbocycles. The molecule has 0 spiro atoms. The van der Waals surface area contributed by atoms with Crippen LogP contribution in [0.4, 0.5) is 0 Å². The van der Waals surface area contributed by atoms with E-state index < -0.39 is 0 Å². The predicted octanol–water partition coefficient (Wildman–Crippen LogP) is 3.11. The Hall–Kier alpha value is -1.35. The second kappa shape index (κ2) is 9.71. The summed E-state index contributed by atoms with van der Waals surface area (Å²) in [6.07, 6.45) is 0.582. The minimum absolute atomic E-state index is 0. The molecule has 1 aromatic heterocycles. The second-order valence-electron chi connectivity index (χ2n) is 5.32. The van der Waals surface area contributed by atoms with Crippen molar-refractivity contribution in [2.75, 3.05) is 13.1 Å². The SMILES string of the molecule is CC(C)CN=C(N)NCCc1nc(-c2ccc(Cl)cc2)no1.I. The fraction of sp³-hybridized carbons (Fsp3) is 0.400. The van der Waals surface area contributed by atoms with Gasteiger partial charge < -0.3 is 15.6 Å². The highest BCUT2D eigenvalue weighted by atomic mass is 127. The Morgan fingerprint density at radius 3 is 2.70 bits per heavy atom. The van der Waals surface area contributed by atoms with E-state index in [9.17, 15) is 0 Å². The van der Waals surface area contributed by atoms with Crippen LogP contribution < -0.4 is 11.1 Å². The quantitative estimate of drug-likeness (QED) is 0.402. The van der Waals surface area contributed by atoms with Crippen molar-refractivity contribution in [3.05, 3.63) is 35.2 Å². The van der Waals surface area contributed by atoms with Crippen molar-refractivity contribution in [3.8, 4) is 11.4 Å². The third-order valence-corrected chi connectivity index (χ3v) is 3.09. The molecule has 0 bridgehead atoms. The van der Waals surface area contributed by atoms with Gasteiger partial charge in [-0.2, -0.15) is 4.98 Å². The molecule has 0 fully saturated rings. The van der Waals surface area contributed by atoms with Crippen LogP contribution in [0.3, 0.4) is 0 Å². The van der Waals surface area contributed by atoms with Crippen LogP contribution >= 0.6 is 35.6 Å². The number of halogens is 2. The monoisotopic (exact) mass is 449 g/mol. The summed E-state index contributed by atoms with van der Waals surface area (Å²) in [6.45, 7) is 5.48. The zero-order chi connectivity index (χ0) is 15.9. The maximum atomic E-state index is 5.85. The molecule has 8 heteroatoms. The van der Waals surface area contributed by atoms with Crippen molar-refractivity contribution < 1.29 is 4.52 Å². The van der Waals surface area contributed by atoms with Crippen molar-refractivity contribution in [1.82, 2.24) is 15.5 Å². The van der Waals surface area contributed by atoms with Gasteiger partial charge in [0.15, 0.2) is 5.96 Å². The fourth-order valence-electron chi connectivity index (χ4n) is 1.71. The molecule has 0 saturated heterocycles. The number of nitrogens with one attached hydrogen (secondary N) is 1. The summed E-state index contributed by atoms with van der Waals surface area (Å²) in [6, 6.07) is 7.29. The number of rotatable bonds is 6. The first-order chi connectivity index (χ1) is 10.5. The highest BCUT2D eigenvalue weighted by Gasteiger charge is 2.08. The fourth-order valence-corrected chi connectivity index (χ4v) is 1.83. The number of hydrogen-bond donors (Lipinski definition) is 2. The summed E-state index contributed by atoms with van der Waals surface area (Å²) < 4.78 is 5.21. The summed E-state index contributed by atoms with van der Waals surface area (Å²) >= 11 is 5.85. The lowest BCUT2D eigenvalue weighted by atomic mass is 10.2. The Bertz CT molecular complexity index is 627. The van der Waals surface area contributed by atoms with Crippen molar-refractivity contribution in [2.45, 2.75) is 20.3 Å². The molecule has 2 aromatic rings. The third kappa shape index (κ3) is 6.74. The van der Waals surface area contributed by atoms with Crippen molar-refractivity contribution in [1.29, 1.82) is 0 Å². The lowest BCUT2D eigenvalue weighted by Crippen LogP contribution is -2.33. The van der Waals surface area contributed by atoms with E-state index in [-0.39, 0.29) is 24.0 Å². The van der Waals surface area contributed by atoms with Gasteiger partial charge >= 0.3 is 0 Å². The van der Waals surface area contributed by atoms with Gasteiger partial charge in [-0.3, -0.25) is 4.99 Å². The number of aromatic nitrogens is 2. The molecule has 126 valence electrons. The highest BCUT2D eigenvalue weighted by molar-refractivity contribution is 14.0. The van der Waals surface area contributed by atoms with Gasteiger partial charge in [0.1, 0.15) is 0 Å². The van der Waals surface area contributed by atoms with E-state index in [0.29, 0.717) is 48.1 Å². The van der Waals surface area contributed by atoms with Gasteiger partial charge in [0.2, 0.25) is 11.7 Å². The van der Waals surface area contributed by atoms with E-state index in [1.807, 2.05) is 12.1 Å². The number of nitrogens with two attached hydrogens (primary N) is 1. The molecule has 23 heavy (non-hydrogen) atoms. The van der Waals surface area contributed by atoms with Crippen molar-refractivity contribution in [3.63, 3.8) is 0 Å². The van der Waals surface area contributed by atoms with E-state index in [2.05, 4.69) is 34.3 Å². The minimum atomic E-state index is 0. The van der Waals surface area contributed by atoms with Crippen LogP contribution in [-0.4, -0.2) is 29.2 Å². The van der Waals surface area contributed by atoms with Gasteiger partial charge in [0, 0.05) is 30.1 Å². The smallest absolute Gasteiger partial charge is 0.228 e. The van der Waals surface area contributed by atoms with Crippen LogP contribution in [0.2, 0.25) is 5.02 Å². The first kappa shape index (κ1) is 19.7. The van der Waals surface area contributed by atoms with Crippen LogP contribution in [0.25, 0.3) is 11.4 Å². The molecule has 0 unspecified atom stereocenters. The maximum absolute atomic E-state index is 5.85. The Kier molecular flexibility index (Phi) is 8.32. The second-order valence-corrected chi connectivity index (χ2v) is 5.75. The molecule has 2 rings (SSSR count). The molecule has 0 amide bonds. The molecule has 0 aliphatic carbocycles. The zero-order valence-corrected chi connectivity index (χ0v) is 16.2. The van der Waals surface area contributed by atoms with E-state index >= 15 is 0 Å². The van der Waals surface area contributed by atoms with Crippen LogP contribution in [0.15, 0.2) is 33.8 Å². The minimum Gasteiger partial charge on any atom is -0.370 e. The molecule has 0 atom stereocenters. The summed E-state index contributed by atoms with van der Waals surface area (Å²) in [7, 11) is 0. The van der Waals surface area contributed by atoms with Gasteiger partial charge in [0.25, 0.3) is 0 Å². The summed E-state index contributed by atoms with van der Waals surface area (Å²) in [5, 5.41) is 7.65. The van der Waals surface area contributed by atoms with E-state index in [0.717, 1.165) is 5.56 Å². The Morgan fingerprint density at radius 1 is 1.35 bits per heavy atom. The zero-order valence-electron chi connectivity index (χ0n) is 13.1. The molecule has 1 aromatic carbocycles. The first-order valence-corrected chi connectivity index (χ1v) is 7.54. The lowest BCUT2D eigenvalue weighted by Gasteiger charge is -2.04. The molecular formula is C15H21ClIN5O. The van der Waals surface area contributed by atoms with Gasteiger partial charge in [-0.25, -0.2) is 0 Å². The molecule has 0 aliphatic heterocycles. The van der Waals surface area contributed by atoms with Gasteiger partial charge in [-0.05, 0) is 30.2 Å². The standard InChI is InChI=1S/C15H20ClN5O.HI/c1-10(2)9-19-15(17)18-8-7-13-20-14(21-22-13)11-3-5-12(16)6-4-11;/h3-6,10H,7-9H2,1-2H3,(H3,17,18,19);1H. The van der Waals surface area contributed by atoms with E-state index in [4.69, 9.17) is 21.9 Å². The predicted molar refractivity (Wildman–Crippen MR) is 103 cm³/mol.